The van der Waals surface area contributed by atoms with E-state index in [1.807, 2.05) is 22.6 Å². The Labute approximate surface area is 107 Å². The van der Waals surface area contributed by atoms with Crippen LogP contribution in [0.15, 0.2) is 18.2 Å². The lowest BCUT2D eigenvalue weighted by atomic mass is 10.1. The molecule has 0 radical (unpaired) electrons. The first-order valence-electron chi connectivity index (χ1n) is 4.90. The number of ether oxygens (including phenoxy) is 1. The predicted molar refractivity (Wildman–Crippen MR) is 67.4 cm³/mol. The second-order valence-corrected chi connectivity index (χ2v) is 4.54. The highest BCUT2D eigenvalue weighted by Gasteiger charge is 2.16. The molecule has 2 N–H and O–H groups in total. The highest BCUT2D eigenvalue weighted by Crippen LogP contribution is 2.13. The van der Waals surface area contributed by atoms with Crippen molar-refractivity contribution in [3.8, 4) is 0 Å². The van der Waals surface area contributed by atoms with Gasteiger partial charge in [-0.1, -0.05) is 6.07 Å². The van der Waals surface area contributed by atoms with Crippen molar-refractivity contribution in [2.75, 3.05) is 6.61 Å². The molecule has 3 nitrogen and oxygen atoms in total. The summed E-state index contributed by atoms with van der Waals surface area (Å²) in [7, 11) is 0. The minimum Gasteiger partial charge on any atom is -0.465 e. The minimum atomic E-state index is -0.811. The molecule has 0 amide bonds. The molecule has 1 atom stereocenters. The van der Waals surface area contributed by atoms with Crippen LogP contribution in [0.2, 0.25) is 0 Å². The van der Waals surface area contributed by atoms with E-state index in [0.717, 1.165) is 3.57 Å². The standard InChI is InChI=1S/C11H13FINO2/c1-2-16-11(15)10(14)5-7-3-4-8(13)6-9(7)12/h3-4,6,10H,2,5,14H2,1H3. The van der Waals surface area contributed by atoms with Gasteiger partial charge in [-0.3, -0.25) is 4.79 Å². The van der Waals surface area contributed by atoms with Gasteiger partial charge in [0.2, 0.25) is 0 Å². The van der Waals surface area contributed by atoms with Gasteiger partial charge in [0.05, 0.1) is 6.61 Å². The Balaban J connectivity index is 2.69. The molecule has 0 saturated carbocycles. The number of hydrogen-bond donors (Lipinski definition) is 1. The highest BCUT2D eigenvalue weighted by molar-refractivity contribution is 14.1. The Morgan fingerprint density at radius 3 is 2.88 bits per heavy atom. The second kappa shape index (κ2) is 6.15. The first-order chi connectivity index (χ1) is 7.54. The van der Waals surface area contributed by atoms with Crippen LogP contribution in [0.1, 0.15) is 12.5 Å². The zero-order chi connectivity index (χ0) is 12.1. The van der Waals surface area contributed by atoms with Crippen LogP contribution in [0.5, 0.6) is 0 Å². The maximum Gasteiger partial charge on any atom is 0.323 e. The summed E-state index contributed by atoms with van der Waals surface area (Å²) in [5.41, 5.74) is 6.03. The normalized spacial score (nSPS) is 12.2. The van der Waals surface area contributed by atoms with E-state index in [-0.39, 0.29) is 18.8 Å². The van der Waals surface area contributed by atoms with Crippen molar-refractivity contribution in [3.05, 3.63) is 33.1 Å². The van der Waals surface area contributed by atoms with E-state index >= 15 is 0 Å². The van der Waals surface area contributed by atoms with Crippen molar-refractivity contribution >= 4 is 28.6 Å². The van der Waals surface area contributed by atoms with E-state index in [4.69, 9.17) is 10.5 Å². The lowest BCUT2D eigenvalue weighted by molar-refractivity contribution is -0.144. The lowest BCUT2D eigenvalue weighted by Gasteiger charge is -2.11. The Morgan fingerprint density at radius 1 is 1.62 bits per heavy atom. The number of halogens is 2. The molecular weight excluding hydrogens is 324 g/mol. The number of esters is 1. The van der Waals surface area contributed by atoms with Crippen LogP contribution in [0, 0.1) is 9.39 Å². The maximum atomic E-state index is 13.4. The first-order valence-corrected chi connectivity index (χ1v) is 5.98. The summed E-state index contributed by atoms with van der Waals surface area (Å²) in [5.74, 6) is -0.841. The van der Waals surface area contributed by atoms with Gasteiger partial charge in [0.1, 0.15) is 11.9 Å². The topological polar surface area (TPSA) is 52.3 Å². The second-order valence-electron chi connectivity index (χ2n) is 3.30. The van der Waals surface area contributed by atoms with Gasteiger partial charge in [-0.05, 0) is 47.2 Å². The average molecular weight is 337 g/mol. The number of carbonyl (C=O) groups excluding carboxylic acids is 1. The number of rotatable bonds is 4. The van der Waals surface area contributed by atoms with Crippen molar-refractivity contribution in [2.45, 2.75) is 19.4 Å². The summed E-state index contributed by atoms with van der Waals surface area (Å²) >= 11 is 2.02. The summed E-state index contributed by atoms with van der Waals surface area (Å²) in [4.78, 5) is 11.3. The van der Waals surface area contributed by atoms with Gasteiger partial charge in [-0.2, -0.15) is 0 Å². The highest BCUT2D eigenvalue weighted by atomic mass is 127. The molecule has 0 bridgehead atoms. The van der Waals surface area contributed by atoms with E-state index in [9.17, 15) is 9.18 Å². The number of nitrogens with two attached hydrogens (primary N) is 1. The van der Waals surface area contributed by atoms with E-state index in [1.165, 1.54) is 6.07 Å². The number of hydrogen-bond acceptors (Lipinski definition) is 3. The average Bonchev–Trinajstić information content (AvgIpc) is 2.22. The Morgan fingerprint density at radius 2 is 2.31 bits per heavy atom. The zero-order valence-electron chi connectivity index (χ0n) is 8.87. The van der Waals surface area contributed by atoms with Gasteiger partial charge in [0.25, 0.3) is 0 Å². The fourth-order valence-corrected chi connectivity index (χ4v) is 1.71. The molecule has 16 heavy (non-hydrogen) atoms. The molecule has 0 aliphatic rings. The number of benzene rings is 1. The third-order valence-electron chi connectivity index (χ3n) is 2.04. The molecule has 1 unspecified atom stereocenters. The molecule has 88 valence electrons. The first kappa shape index (κ1) is 13.4. The Bertz CT molecular complexity index is 384. The summed E-state index contributed by atoms with van der Waals surface area (Å²) in [6.45, 7) is 1.98. The van der Waals surface area contributed by atoms with E-state index in [2.05, 4.69) is 0 Å². The molecule has 0 fully saturated rings. The molecule has 0 saturated heterocycles. The van der Waals surface area contributed by atoms with Gasteiger partial charge < -0.3 is 10.5 Å². The molecule has 0 heterocycles. The van der Waals surface area contributed by atoms with Crippen LogP contribution >= 0.6 is 22.6 Å². The Hall–Kier alpha value is -0.690. The van der Waals surface area contributed by atoms with Crippen LogP contribution < -0.4 is 5.73 Å². The molecule has 0 aromatic heterocycles. The fourth-order valence-electron chi connectivity index (χ4n) is 1.26. The largest absolute Gasteiger partial charge is 0.465 e. The molecule has 0 spiro atoms. The smallest absolute Gasteiger partial charge is 0.323 e. The molecule has 1 aromatic rings. The zero-order valence-corrected chi connectivity index (χ0v) is 11.0. The van der Waals surface area contributed by atoms with Crippen LogP contribution in [0.4, 0.5) is 4.39 Å². The van der Waals surface area contributed by atoms with Gasteiger partial charge in [-0.25, -0.2) is 4.39 Å². The summed E-state index contributed by atoms with van der Waals surface area (Å²) in [5, 5.41) is 0. The maximum absolute atomic E-state index is 13.4. The van der Waals surface area contributed by atoms with Gasteiger partial charge in [0, 0.05) is 9.99 Å². The van der Waals surface area contributed by atoms with Crippen LogP contribution in [0.25, 0.3) is 0 Å². The van der Waals surface area contributed by atoms with Crippen molar-refractivity contribution in [2.24, 2.45) is 5.73 Å². The summed E-state index contributed by atoms with van der Waals surface area (Å²) < 4.78 is 19.0. The molecule has 0 aliphatic heterocycles. The van der Waals surface area contributed by atoms with Gasteiger partial charge in [-0.15, -0.1) is 0 Å². The monoisotopic (exact) mass is 337 g/mol. The van der Waals surface area contributed by atoms with Crippen LogP contribution in [-0.4, -0.2) is 18.6 Å². The Kier molecular flexibility index (Phi) is 5.14. The molecular formula is C11H13FINO2. The minimum absolute atomic E-state index is 0.154. The van der Waals surface area contributed by atoms with E-state index in [0.29, 0.717) is 5.56 Å². The number of carbonyl (C=O) groups is 1. The third kappa shape index (κ3) is 3.71. The summed E-state index contributed by atoms with van der Waals surface area (Å²) in [6, 6.07) is 4.01. The predicted octanol–water partition coefficient (Wildman–Crippen LogP) is 1.86. The van der Waals surface area contributed by atoms with Crippen molar-refractivity contribution in [1.29, 1.82) is 0 Å². The van der Waals surface area contributed by atoms with Crippen molar-refractivity contribution in [3.63, 3.8) is 0 Å². The van der Waals surface area contributed by atoms with Crippen molar-refractivity contribution < 1.29 is 13.9 Å². The molecule has 1 aromatic carbocycles. The molecule has 5 heteroatoms. The van der Waals surface area contributed by atoms with Gasteiger partial charge in [0.15, 0.2) is 0 Å². The molecule has 1 rings (SSSR count). The third-order valence-corrected chi connectivity index (χ3v) is 2.72. The van der Waals surface area contributed by atoms with Gasteiger partial charge >= 0.3 is 5.97 Å². The van der Waals surface area contributed by atoms with Crippen LogP contribution in [0.3, 0.4) is 0 Å². The molecule has 0 aliphatic carbocycles. The SMILES string of the molecule is CCOC(=O)C(N)Cc1ccc(I)cc1F. The lowest BCUT2D eigenvalue weighted by Crippen LogP contribution is -2.34. The fraction of sp³-hybridized carbons (Fsp3) is 0.364. The quantitative estimate of drug-likeness (QED) is 0.674. The summed E-state index contributed by atoms with van der Waals surface area (Å²) in [6.07, 6.45) is 0.154. The van der Waals surface area contributed by atoms with Crippen LogP contribution in [-0.2, 0) is 16.0 Å². The van der Waals surface area contributed by atoms with E-state index < -0.39 is 12.0 Å². The van der Waals surface area contributed by atoms with Crippen molar-refractivity contribution in [1.82, 2.24) is 0 Å². The van der Waals surface area contributed by atoms with E-state index in [1.54, 1.807) is 19.1 Å².